The largest absolute Gasteiger partial charge is 0.459 e. The molecule has 6 heteroatoms. The van der Waals surface area contributed by atoms with Crippen molar-refractivity contribution in [3.8, 4) is 0 Å². The van der Waals surface area contributed by atoms with E-state index < -0.39 is 0 Å². The molecule has 1 aromatic heterocycles. The SMILES string of the molecule is O=C(NC12CC3CC4CC(C1)C42C3)N1CCN(C(=O)c2ccco2)CC1. The molecular formula is C20H25N3O3. The summed E-state index contributed by atoms with van der Waals surface area (Å²) in [4.78, 5) is 29.0. The Morgan fingerprint density at radius 1 is 1.04 bits per heavy atom. The van der Waals surface area contributed by atoms with E-state index in [9.17, 15) is 9.59 Å². The first kappa shape index (κ1) is 15.1. The molecule has 5 aliphatic rings. The standard InChI is InChI=1S/C20H25N3O3/c24-17(16-2-1-7-26-16)22-3-5-23(6-4-22)18(25)21-19-10-13-8-14-9-15(12-19)20(14,19)11-13/h1-2,7,13-15H,3-6,8-12H2,(H,21,25). The average molecular weight is 355 g/mol. The monoisotopic (exact) mass is 355 g/mol. The van der Waals surface area contributed by atoms with Crippen LogP contribution in [-0.4, -0.2) is 53.5 Å². The van der Waals surface area contributed by atoms with Gasteiger partial charge in [-0.15, -0.1) is 0 Å². The number of piperazine rings is 1. The van der Waals surface area contributed by atoms with Crippen molar-refractivity contribution in [2.24, 2.45) is 23.2 Å². The van der Waals surface area contributed by atoms with Crippen LogP contribution in [0.25, 0.3) is 0 Å². The highest BCUT2D eigenvalue weighted by Crippen LogP contribution is 2.82. The van der Waals surface area contributed by atoms with Gasteiger partial charge in [0.1, 0.15) is 0 Å². The lowest BCUT2D eigenvalue weighted by Gasteiger charge is -2.72. The number of rotatable bonds is 2. The van der Waals surface area contributed by atoms with Crippen molar-refractivity contribution in [3.05, 3.63) is 24.2 Å². The topological polar surface area (TPSA) is 65.8 Å². The molecule has 1 spiro atoms. The Kier molecular flexibility index (Phi) is 2.81. The van der Waals surface area contributed by atoms with E-state index in [1.807, 2.05) is 4.90 Å². The highest BCUT2D eigenvalue weighted by Gasteiger charge is 2.81. The van der Waals surface area contributed by atoms with Crippen LogP contribution in [0.4, 0.5) is 4.79 Å². The minimum Gasteiger partial charge on any atom is -0.459 e. The van der Waals surface area contributed by atoms with Gasteiger partial charge >= 0.3 is 6.03 Å². The van der Waals surface area contributed by atoms with Crippen LogP contribution >= 0.6 is 0 Å². The fourth-order valence-corrected chi connectivity index (χ4v) is 7.35. The van der Waals surface area contributed by atoms with Crippen LogP contribution in [0.15, 0.2) is 22.8 Å². The molecule has 6 nitrogen and oxygen atoms in total. The molecule has 4 saturated carbocycles. The number of hydrogen-bond acceptors (Lipinski definition) is 3. The van der Waals surface area contributed by atoms with Crippen LogP contribution in [0, 0.1) is 23.2 Å². The zero-order valence-electron chi connectivity index (χ0n) is 14.9. The van der Waals surface area contributed by atoms with Gasteiger partial charge in [-0.1, -0.05) is 0 Å². The maximum absolute atomic E-state index is 12.9. The third-order valence-electron chi connectivity index (χ3n) is 8.33. The minimum absolute atomic E-state index is 0.0835. The van der Waals surface area contributed by atoms with Crippen molar-refractivity contribution < 1.29 is 14.0 Å². The van der Waals surface area contributed by atoms with Crippen molar-refractivity contribution in [1.29, 1.82) is 0 Å². The van der Waals surface area contributed by atoms with Gasteiger partial charge in [-0.25, -0.2) is 4.79 Å². The van der Waals surface area contributed by atoms with E-state index >= 15 is 0 Å². The second kappa shape index (κ2) is 4.84. The summed E-state index contributed by atoms with van der Waals surface area (Å²) in [6, 6.07) is 3.50. The molecule has 1 N–H and O–H groups in total. The molecule has 2 heterocycles. The van der Waals surface area contributed by atoms with Gasteiger partial charge in [0, 0.05) is 31.7 Å². The number of nitrogens with zero attached hydrogens (tertiary/aromatic N) is 2. The van der Waals surface area contributed by atoms with E-state index in [0.717, 1.165) is 17.8 Å². The van der Waals surface area contributed by atoms with E-state index in [2.05, 4.69) is 5.32 Å². The van der Waals surface area contributed by atoms with Crippen molar-refractivity contribution in [3.63, 3.8) is 0 Å². The van der Waals surface area contributed by atoms with Crippen molar-refractivity contribution in [2.75, 3.05) is 26.2 Å². The molecule has 1 aromatic rings. The molecular weight excluding hydrogens is 330 g/mol. The zero-order chi connectivity index (χ0) is 17.5. The van der Waals surface area contributed by atoms with Gasteiger partial charge in [0.15, 0.2) is 5.76 Å². The smallest absolute Gasteiger partial charge is 0.317 e. The first-order chi connectivity index (χ1) is 12.6. The molecule has 4 aliphatic carbocycles. The van der Waals surface area contributed by atoms with Crippen LogP contribution in [0.2, 0.25) is 0 Å². The quantitative estimate of drug-likeness (QED) is 0.885. The molecule has 1 aliphatic heterocycles. The molecule has 5 unspecified atom stereocenters. The summed E-state index contributed by atoms with van der Waals surface area (Å²) in [5, 5.41) is 3.48. The number of amides is 3. The number of carbonyl (C=O) groups excluding carboxylic acids is 2. The fourth-order valence-electron chi connectivity index (χ4n) is 7.35. The van der Waals surface area contributed by atoms with E-state index in [0.29, 0.717) is 37.4 Å². The third-order valence-corrected chi connectivity index (χ3v) is 8.33. The third kappa shape index (κ3) is 1.68. The summed E-state index contributed by atoms with van der Waals surface area (Å²) in [7, 11) is 0. The van der Waals surface area contributed by atoms with Gasteiger partial charge in [-0.2, -0.15) is 0 Å². The van der Waals surface area contributed by atoms with Gasteiger partial charge in [-0.05, 0) is 67.4 Å². The summed E-state index contributed by atoms with van der Waals surface area (Å²) < 4.78 is 5.20. The van der Waals surface area contributed by atoms with Gasteiger partial charge < -0.3 is 19.5 Å². The lowest BCUT2D eigenvalue weighted by molar-refractivity contribution is -0.202. The number of hydrogen-bond donors (Lipinski definition) is 1. The minimum atomic E-state index is -0.0835. The Labute approximate surface area is 152 Å². The van der Waals surface area contributed by atoms with Crippen LogP contribution < -0.4 is 5.32 Å². The Balaban J connectivity index is 1.10. The number of carbonyl (C=O) groups is 2. The zero-order valence-corrected chi connectivity index (χ0v) is 14.9. The number of urea groups is 1. The average Bonchev–Trinajstić information content (AvgIpc) is 3.32. The predicted molar refractivity (Wildman–Crippen MR) is 93.4 cm³/mol. The lowest BCUT2D eigenvalue weighted by atomic mass is 9.35. The highest BCUT2D eigenvalue weighted by atomic mass is 16.3. The Hall–Kier alpha value is -1.98. The maximum atomic E-state index is 12.9. The molecule has 0 radical (unpaired) electrons. The first-order valence-electron chi connectivity index (χ1n) is 10.0. The van der Waals surface area contributed by atoms with Gasteiger partial charge in [-0.3, -0.25) is 4.79 Å². The van der Waals surface area contributed by atoms with Gasteiger partial charge in [0.05, 0.1) is 6.26 Å². The molecule has 26 heavy (non-hydrogen) atoms. The van der Waals surface area contributed by atoms with E-state index in [4.69, 9.17) is 4.42 Å². The van der Waals surface area contributed by atoms with Crippen LogP contribution in [0.3, 0.4) is 0 Å². The maximum Gasteiger partial charge on any atom is 0.317 e. The Morgan fingerprint density at radius 2 is 1.85 bits per heavy atom. The van der Waals surface area contributed by atoms with Crippen LogP contribution in [-0.2, 0) is 0 Å². The number of furan rings is 1. The lowest BCUT2D eigenvalue weighted by Crippen LogP contribution is -2.77. The second-order valence-electron chi connectivity index (χ2n) is 9.15. The van der Waals surface area contributed by atoms with Gasteiger partial charge in [0.2, 0.25) is 0 Å². The van der Waals surface area contributed by atoms with E-state index in [1.165, 1.54) is 38.4 Å². The van der Waals surface area contributed by atoms with Crippen LogP contribution in [0.1, 0.15) is 42.7 Å². The first-order valence-corrected chi connectivity index (χ1v) is 10.0. The van der Waals surface area contributed by atoms with E-state index in [1.54, 1.807) is 17.0 Å². The Bertz CT molecular complexity index is 769. The second-order valence-corrected chi connectivity index (χ2v) is 9.15. The van der Waals surface area contributed by atoms with Crippen molar-refractivity contribution in [2.45, 2.75) is 37.6 Å². The molecule has 5 fully saturated rings. The number of nitrogens with one attached hydrogen (secondary N) is 1. The number of fused-ring (bicyclic) bond motifs is 1. The molecule has 6 rings (SSSR count). The normalized spacial score (nSPS) is 42.1. The Morgan fingerprint density at radius 3 is 2.54 bits per heavy atom. The molecule has 2 bridgehead atoms. The fraction of sp³-hybridized carbons (Fsp3) is 0.700. The summed E-state index contributed by atoms with van der Waals surface area (Å²) in [5.74, 6) is 2.89. The highest BCUT2D eigenvalue weighted by molar-refractivity contribution is 5.91. The summed E-state index contributed by atoms with van der Waals surface area (Å²) in [6.07, 6.45) is 8.08. The summed E-state index contributed by atoms with van der Waals surface area (Å²) >= 11 is 0. The van der Waals surface area contributed by atoms with Crippen molar-refractivity contribution >= 4 is 11.9 Å². The van der Waals surface area contributed by atoms with Crippen molar-refractivity contribution in [1.82, 2.24) is 15.1 Å². The molecule has 138 valence electrons. The molecule has 3 amide bonds. The molecule has 1 saturated heterocycles. The molecule has 5 atom stereocenters. The van der Waals surface area contributed by atoms with Crippen LogP contribution in [0.5, 0.6) is 0 Å². The van der Waals surface area contributed by atoms with E-state index in [-0.39, 0.29) is 17.5 Å². The summed E-state index contributed by atoms with van der Waals surface area (Å²) in [5.41, 5.74) is 0.562. The van der Waals surface area contributed by atoms with Gasteiger partial charge in [0.25, 0.3) is 5.91 Å². The predicted octanol–water partition coefficient (Wildman–Crippen LogP) is 2.33. The summed E-state index contributed by atoms with van der Waals surface area (Å²) in [6.45, 7) is 2.33. The molecule has 0 aromatic carbocycles.